The molecular weight excluding hydrogens is 286 g/mol. The molecule has 0 spiro atoms. The van der Waals surface area contributed by atoms with Gasteiger partial charge in [-0.3, -0.25) is 0 Å². The molecule has 1 saturated carbocycles. The van der Waals surface area contributed by atoms with Crippen LogP contribution in [-0.2, 0) is 0 Å². The number of nitrogens with one attached hydrogen (secondary N) is 1. The van der Waals surface area contributed by atoms with Crippen molar-refractivity contribution in [1.82, 2.24) is 5.32 Å². The van der Waals surface area contributed by atoms with Crippen LogP contribution in [0.2, 0.25) is 0 Å². The third-order valence-corrected chi connectivity index (χ3v) is 4.53. The van der Waals surface area contributed by atoms with E-state index >= 15 is 0 Å². The molecule has 18 heavy (non-hydrogen) atoms. The SMILES string of the molecule is C[C@@H](NC1CCCC(C)(C)C1)c1cccc(Br)c1. The lowest BCUT2D eigenvalue weighted by atomic mass is 9.75. The Morgan fingerprint density at radius 2 is 2.17 bits per heavy atom. The lowest BCUT2D eigenvalue weighted by Crippen LogP contribution is -2.38. The van der Waals surface area contributed by atoms with E-state index in [2.05, 4.69) is 66.3 Å². The summed E-state index contributed by atoms with van der Waals surface area (Å²) in [6.45, 7) is 7.05. The average Bonchev–Trinajstić information content (AvgIpc) is 2.27. The molecule has 0 radical (unpaired) electrons. The van der Waals surface area contributed by atoms with Gasteiger partial charge in [0.1, 0.15) is 0 Å². The summed E-state index contributed by atoms with van der Waals surface area (Å²) in [7, 11) is 0. The fraction of sp³-hybridized carbons (Fsp3) is 0.625. The molecular formula is C16H24BrN. The largest absolute Gasteiger partial charge is 0.307 e. The number of halogens is 1. The third kappa shape index (κ3) is 3.83. The molecule has 1 nitrogen and oxygen atoms in total. The standard InChI is InChI=1S/C16H24BrN/c1-12(13-6-4-7-14(17)10-13)18-15-8-5-9-16(2,3)11-15/h4,6-7,10,12,15,18H,5,8-9,11H2,1-3H3/t12-,15?/m1/s1. The first-order chi connectivity index (χ1) is 8.46. The van der Waals surface area contributed by atoms with Crippen LogP contribution in [0.25, 0.3) is 0 Å². The van der Waals surface area contributed by atoms with Crippen molar-refractivity contribution in [2.45, 2.75) is 58.5 Å². The van der Waals surface area contributed by atoms with Gasteiger partial charge < -0.3 is 5.32 Å². The zero-order valence-electron chi connectivity index (χ0n) is 11.7. The molecule has 2 atom stereocenters. The topological polar surface area (TPSA) is 12.0 Å². The molecule has 0 heterocycles. The molecule has 1 aliphatic carbocycles. The van der Waals surface area contributed by atoms with Gasteiger partial charge in [0.15, 0.2) is 0 Å². The highest BCUT2D eigenvalue weighted by atomic mass is 79.9. The van der Waals surface area contributed by atoms with Gasteiger partial charge in [0.2, 0.25) is 0 Å². The first-order valence-corrected chi connectivity index (χ1v) is 7.77. The van der Waals surface area contributed by atoms with Crippen molar-refractivity contribution in [3.8, 4) is 0 Å². The van der Waals surface area contributed by atoms with Gasteiger partial charge in [0.25, 0.3) is 0 Å². The molecule has 1 N–H and O–H groups in total. The second kappa shape index (κ2) is 5.75. The number of benzene rings is 1. The van der Waals surface area contributed by atoms with E-state index in [0.717, 1.165) is 4.47 Å². The Morgan fingerprint density at radius 1 is 1.39 bits per heavy atom. The van der Waals surface area contributed by atoms with Crippen molar-refractivity contribution in [2.24, 2.45) is 5.41 Å². The summed E-state index contributed by atoms with van der Waals surface area (Å²) in [5.74, 6) is 0. The summed E-state index contributed by atoms with van der Waals surface area (Å²) in [4.78, 5) is 0. The minimum atomic E-state index is 0.432. The van der Waals surface area contributed by atoms with E-state index in [4.69, 9.17) is 0 Å². The maximum absolute atomic E-state index is 3.80. The van der Waals surface area contributed by atoms with Crippen LogP contribution in [-0.4, -0.2) is 6.04 Å². The molecule has 1 unspecified atom stereocenters. The summed E-state index contributed by atoms with van der Waals surface area (Å²) in [6, 6.07) is 9.72. The highest BCUT2D eigenvalue weighted by molar-refractivity contribution is 9.10. The first kappa shape index (κ1) is 14.1. The van der Waals surface area contributed by atoms with Crippen LogP contribution in [0.15, 0.2) is 28.7 Å². The van der Waals surface area contributed by atoms with E-state index in [9.17, 15) is 0 Å². The van der Waals surface area contributed by atoms with E-state index in [1.807, 2.05) is 0 Å². The van der Waals surface area contributed by atoms with Crippen molar-refractivity contribution < 1.29 is 0 Å². The van der Waals surface area contributed by atoms with E-state index in [1.165, 1.54) is 31.2 Å². The van der Waals surface area contributed by atoms with Crippen molar-refractivity contribution in [3.63, 3.8) is 0 Å². The lowest BCUT2D eigenvalue weighted by Gasteiger charge is -2.37. The Balaban J connectivity index is 1.97. The van der Waals surface area contributed by atoms with E-state index < -0.39 is 0 Å². The van der Waals surface area contributed by atoms with Crippen LogP contribution in [0.4, 0.5) is 0 Å². The van der Waals surface area contributed by atoms with E-state index in [-0.39, 0.29) is 0 Å². The predicted octanol–water partition coefficient (Wildman–Crippen LogP) is 5.07. The zero-order chi connectivity index (χ0) is 13.2. The van der Waals surface area contributed by atoms with Gasteiger partial charge in [0, 0.05) is 16.6 Å². The van der Waals surface area contributed by atoms with Gasteiger partial charge >= 0.3 is 0 Å². The third-order valence-electron chi connectivity index (χ3n) is 4.04. The maximum atomic E-state index is 3.80. The second-order valence-electron chi connectivity index (χ2n) is 6.40. The molecule has 0 amide bonds. The Kier molecular flexibility index (Phi) is 4.50. The minimum absolute atomic E-state index is 0.432. The predicted molar refractivity (Wildman–Crippen MR) is 81.7 cm³/mol. The van der Waals surface area contributed by atoms with Crippen LogP contribution < -0.4 is 5.32 Å². The smallest absolute Gasteiger partial charge is 0.0294 e. The van der Waals surface area contributed by atoms with Crippen LogP contribution in [0.3, 0.4) is 0 Å². The molecule has 0 aliphatic heterocycles. The highest BCUT2D eigenvalue weighted by Gasteiger charge is 2.28. The first-order valence-electron chi connectivity index (χ1n) is 6.98. The zero-order valence-corrected chi connectivity index (χ0v) is 13.3. The monoisotopic (exact) mass is 309 g/mol. The van der Waals surface area contributed by atoms with Gasteiger partial charge in [-0.1, -0.05) is 48.3 Å². The van der Waals surface area contributed by atoms with E-state index in [0.29, 0.717) is 17.5 Å². The summed E-state index contributed by atoms with van der Waals surface area (Å²) in [5, 5.41) is 3.80. The minimum Gasteiger partial charge on any atom is -0.307 e. The maximum Gasteiger partial charge on any atom is 0.0294 e. The van der Waals surface area contributed by atoms with Crippen molar-refractivity contribution in [3.05, 3.63) is 34.3 Å². The normalized spacial score (nSPS) is 24.8. The van der Waals surface area contributed by atoms with Crippen molar-refractivity contribution >= 4 is 15.9 Å². The average molecular weight is 310 g/mol. The molecule has 0 aromatic heterocycles. The van der Waals surface area contributed by atoms with Crippen LogP contribution in [0, 0.1) is 5.41 Å². The molecule has 100 valence electrons. The van der Waals surface area contributed by atoms with Gasteiger partial charge in [-0.05, 0) is 49.3 Å². The van der Waals surface area contributed by atoms with Crippen molar-refractivity contribution in [1.29, 1.82) is 0 Å². The molecule has 0 bridgehead atoms. The second-order valence-corrected chi connectivity index (χ2v) is 7.32. The molecule has 1 aromatic carbocycles. The highest BCUT2D eigenvalue weighted by Crippen LogP contribution is 2.36. The van der Waals surface area contributed by atoms with E-state index in [1.54, 1.807) is 0 Å². The van der Waals surface area contributed by atoms with Crippen LogP contribution in [0.5, 0.6) is 0 Å². The molecule has 0 saturated heterocycles. The van der Waals surface area contributed by atoms with Gasteiger partial charge in [-0.2, -0.15) is 0 Å². The fourth-order valence-corrected chi connectivity index (χ4v) is 3.48. The van der Waals surface area contributed by atoms with Crippen LogP contribution in [0.1, 0.15) is 58.1 Å². The molecule has 2 rings (SSSR count). The molecule has 1 aliphatic rings. The molecule has 1 fully saturated rings. The Bertz CT molecular complexity index is 400. The lowest BCUT2D eigenvalue weighted by molar-refractivity contribution is 0.191. The summed E-state index contributed by atoms with van der Waals surface area (Å²) in [6.07, 6.45) is 5.35. The quantitative estimate of drug-likeness (QED) is 0.822. The Hall–Kier alpha value is -0.340. The fourth-order valence-electron chi connectivity index (χ4n) is 3.07. The van der Waals surface area contributed by atoms with Crippen molar-refractivity contribution in [2.75, 3.05) is 0 Å². The van der Waals surface area contributed by atoms with Gasteiger partial charge in [-0.15, -0.1) is 0 Å². The molecule has 2 heteroatoms. The van der Waals surface area contributed by atoms with Crippen LogP contribution >= 0.6 is 15.9 Å². The molecule has 1 aromatic rings. The number of hydrogen-bond donors (Lipinski definition) is 1. The number of hydrogen-bond acceptors (Lipinski definition) is 1. The Labute approximate surface area is 119 Å². The summed E-state index contributed by atoms with van der Waals surface area (Å²) >= 11 is 3.55. The number of rotatable bonds is 3. The van der Waals surface area contributed by atoms with Gasteiger partial charge in [-0.25, -0.2) is 0 Å². The summed E-state index contributed by atoms with van der Waals surface area (Å²) in [5.41, 5.74) is 1.88. The summed E-state index contributed by atoms with van der Waals surface area (Å²) < 4.78 is 1.16. The van der Waals surface area contributed by atoms with Gasteiger partial charge in [0.05, 0.1) is 0 Å². The Morgan fingerprint density at radius 3 is 2.83 bits per heavy atom.